The Labute approximate surface area is 118 Å². The van der Waals surface area contributed by atoms with Gasteiger partial charge >= 0.3 is 5.97 Å². The molecule has 1 aliphatic carbocycles. The summed E-state index contributed by atoms with van der Waals surface area (Å²) in [6, 6.07) is 0.495. The molecule has 2 unspecified atom stereocenters. The normalized spacial score (nSPS) is 24.8. The van der Waals surface area contributed by atoms with E-state index in [4.69, 9.17) is 4.74 Å². The molecule has 19 heavy (non-hydrogen) atoms. The summed E-state index contributed by atoms with van der Waals surface area (Å²) in [6.45, 7) is 8.34. The third-order valence-electron chi connectivity index (χ3n) is 3.74. The first-order valence-electron chi connectivity index (χ1n) is 7.86. The maximum atomic E-state index is 11.7. The van der Waals surface area contributed by atoms with Gasteiger partial charge in [-0.3, -0.25) is 4.79 Å². The molecule has 0 saturated heterocycles. The minimum Gasteiger partial charge on any atom is -0.459 e. The molecule has 2 atom stereocenters. The molecule has 0 aromatic rings. The molecule has 0 amide bonds. The minimum atomic E-state index is -0.381. The van der Waals surface area contributed by atoms with E-state index in [0.717, 1.165) is 5.92 Å². The monoisotopic (exact) mass is 269 g/mol. The van der Waals surface area contributed by atoms with Crippen molar-refractivity contribution in [3.05, 3.63) is 0 Å². The fourth-order valence-corrected chi connectivity index (χ4v) is 2.88. The number of esters is 1. The second-order valence-corrected chi connectivity index (χ2v) is 6.83. The molecule has 0 bridgehead atoms. The molecule has 0 aromatic carbocycles. The first-order chi connectivity index (χ1) is 8.90. The van der Waals surface area contributed by atoms with Gasteiger partial charge in [0.05, 0.1) is 6.54 Å². The van der Waals surface area contributed by atoms with Crippen LogP contribution in [0, 0.1) is 5.92 Å². The molecule has 1 fully saturated rings. The predicted octanol–water partition coefficient (Wildman–Crippen LogP) is 3.67. The maximum Gasteiger partial charge on any atom is 0.320 e. The Morgan fingerprint density at radius 3 is 2.58 bits per heavy atom. The lowest BCUT2D eigenvalue weighted by Gasteiger charge is -2.21. The second-order valence-electron chi connectivity index (χ2n) is 6.83. The number of rotatable bonds is 5. The zero-order chi connectivity index (χ0) is 14.3. The van der Waals surface area contributed by atoms with E-state index >= 15 is 0 Å². The average Bonchev–Trinajstić information content (AvgIpc) is 2.50. The number of ether oxygens (including phenoxy) is 1. The highest BCUT2D eigenvalue weighted by Gasteiger charge is 2.20. The Hall–Kier alpha value is -0.570. The molecule has 0 aliphatic heterocycles. The topological polar surface area (TPSA) is 38.3 Å². The van der Waals surface area contributed by atoms with E-state index in [1.807, 2.05) is 20.8 Å². The molecule has 0 aromatic heterocycles. The number of nitrogens with one attached hydrogen (secondary N) is 1. The van der Waals surface area contributed by atoms with Gasteiger partial charge in [0, 0.05) is 6.04 Å². The van der Waals surface area contributed by atoms with E-state index < -0.39 is 0 Å². The largest absolute Gasteiger partial charge is 0.459 e. The van der Waals surface area contributed by atoms with Crippen LogP contribution < -0.4 is 5.32 Å². The summed E-state index contributed by atoms with van der Waals surface area (Å²) in [7, 11) is 0. The van der Waals surface area contributed by atoms with E-state index in [1.54, 1.807) is 0 Å². The highest BCUT2D eigenvalue weighted by atomic mass is 16.6. The Balaban J connectivity index is 2.24. The summed E-state index contributed by atoms with van der Waals surface area (Å²) >= 11 is 0. The second kappa shape index (κ2) is 7.88. The van der Waals surface area contributed by atoms with Crippen LogP contribution in [-0.4, -0.2) is 24.2 Å². The third-order valence-corrected chi connectivity index (χ3v) is 3.74. The molecule has 1 rings (SSSR count). The first kappa shape index (κ1) is 16.5. The van der Waals surface area contributed by atoms with Crippen LogP contribution in [0.4, 0.5) is 0 Å². The molecule has 0 heterocycles. The van der Waals surface area contributed by atoms with Crippen molar-refractivity contribution in [2.45, 2.75) is 84.3 Å². The van der Waals surface area contributed by atoms with Crippen molar-refractivity contribution >= 4 is 5.97 Å². The molecule has 0 spiro atoms. The first-order valence-corrected chi connectivity index (χ1v) is 7.86. The number of hydrogen-bond donors (Lipinski definition) is 1. The Morgan fingerprint density at radius 2 is 1.95 bits per heavy atom. The van der Waals surface area contributed by atoms with Crippen molar-refractivity contribution in [3.63, 3.8) is 0 Å². The average molecular weight is 269 g/mol. The molecule has 112 valence electrons. The van der Waals surface area contributed by atoms with Crippen LogP contribution in [0.2, 0.25) is 0 Å². The van der Waals surface area contributed by atoms with Crippen LogP contribution in [-0.2, 0) is 9.53 Å². The summed E-state index contributed by atoms with van der Waals surface area (Å²) in [5.74, 6) is 0.764. The van der Waals surface area contributed by atoms with Gasteiger partial charge in [0.25, 0.3) is 0 Å². The van der Waals surface area contributed by atoms with Crippen molar-refractivity contribution in [2.24, 2.45) is 5.92 Å². The van der Waals surface area contributed by atoms with Gasteiger partial charge in [0.2, 0.25) is 0 Å². The van der Waals surface area contributed by atoms with Gasteiger partial charge in [-0.15, -0.1) is 0 Å². The lowest BCUT2D eigenvalue weighted by atomic mass is 9.95. The quantitative estimate of drug-likeness (QED) is 0.611. The molecule has 3 nitrogen and oxygen atoms in total. The van der Waals surface area contributed by atoms with Crippen molar-refractivity contribution in [1.29, 1.82) is 0 Å². The minimum absolute atomic E-state index is 0.137. The van der Waals surface area contributed by atoms with E-state index in [0.29, 0.717) is 12.6 Å². The lowest BCUT2D eigenvalue weighted by molar-refractivity contribution is -0.153. The summed E-state index contributed by atoms with van der Waals surface area (Å²) in [5.41, 5.74) is -0.381. The number of carbonyl (C=O) groups is 1. The molecule has 3 heteroatoms. The van der Waals surface area contributed by atoms with Gasteiger partial charge in [0.15, 0.2) is 0 Å². The predicted molar refractivity (Wildman–Crippen MR) is 79.1 cm³/mol. The number of carbonyl (C=O) groups excluding carboxylic acids is 1. The van der Waals surface area contributed by atoms with Crippen molar-refractivity contribution in [3.8, 4) is 0 Å². The highest BCUT2D eigenvalue weighted by molar-refractivity contribution is 5.72. The van der Waals surface area contributed by atoms with Gasteiger partial charge in [-0.05, 0) is 46.0 Å². The molecule has 1 saturated carbocycles. The Bertz CT molecular complexity index is 270. The summed E-state index contributed by atoms with van der Waals surface area (Å²) < 4.78 is 5.32. The molecular weight excluding hydrogens is 238 g/mol. The molecule has 1 N–H and O–H groups in total. The number of hydrogen-bond acceptors (Lipinski definition) is 3. The summed E-state index contributed by atoms with van der Waals surface area (Å²) in [5, 5.41) is 3.37. The fraction of sp³-hybridized carbons (Fsp3) is 0.938. The van der Waals surface area contributed by atoms with E-state index in [9.17, 15) is 4.79 Å². The van der Waals surface area contributed by atoms with Crippen LogP contribution in [0.3, 0.4) is 0 Å². The molecule has 0 radical (unpaired) electrons. The van der Waals surface area contributed by atoms with Crippen molar-refractivity contribution < 1.29 is 9.53 Å². The fourth-order valence-electron chi connectivity index (χ4n) is 2.88. The molecule has 1 aliphatic rings. The van der Waals surface area contributed by atoms with Crippen molar-refractivity contribution in [1.82, 2.24) is 5.32 Å². The Kier molecular flexibility index (Phi) is 6.84. The van der Waals surface area contributed by atoms with E-state index in [1.165, 1.54) is 44.9 Å². The van der Waals surface area contributed by atoms with Crippen LogP contribution in [0.25, 0.3) is 0 Å². The smallest absolute Gasteiger partial charge is 0.320 e. The van der Waals surface area contributed by atoms with Gasteiger partial charge in [-0.2, -0.15) is 0 Å². The van der Waals surface area contributed by atoms with E-state index in [-0.39, 0.29) is 11.6 Å². The Morgan fingerprint density at radius 1 is 1.21 bits per heavy atom. The standard InChI is InChI=1S/C16H31NO2/c1-5-7-13-8-6-9-14(11-10-13)17-12-15(18)19-16(2,3)4/h13-14,17H,5-12H2,1-4H3. The zero-order valence-corrected chi connectivity index (χ0v) is 13.1. The van der Waals surface area contributed by atoms with Gasteiger partial charge in [0.1, 0.15) is 5.60 Å². The van der Waals surface area contributed by atoms with Crippen LogP contribution in [0.15, 0.2) is 0 Å². The van der Waals surface area contributed by atoms with Gasteiger partial charge < -0.3 is 10.1 Å². The summed E-state index contributed by atoms with van der Waals surface area (Å²) in [4.78, 5) is 11.7. The van der Waals surface area contributed by atoms with Crippen LogP contribution in [0.5, 0.6) is 0 Å². The molecular formula is C16H31NO2. The SMILES string of the molecule is CCCC1CCCC(NCC(=O)OC(C)(C)C)CC1. The van der Waals surface area contributed by atoms with Crippen LogP contribution in [0.1, 0.15) is 72.6 Å². The lowest BCUT2D eigenvalue weighted by Crippen LogP contribution is -2.37. The van der Waals surface area contributed by atoms with Gasteiger partial charge in [-0.25, -0.2) is 0 Å². The van der Waals surface area contributed by atoms with Crippen LogP contribution >= 0.6 is 0 Å². The highest BCUT2D eigenvalue weighted by Crippen LogP contribution is 2.26. The van der Waals surface area contributed by atoms with Crippen molar-refractivity contribution in [2.75, 3.05) is 6.54 Å². The van der Waals surface area contributed by atoms with E-state index in [2.05, 4.69) is 12.2 Å². The van der Waals surface area contributed by atoms with Gasteiger partial charge in [-0.1, -0.05) is 32.6 Å². The third kappa shape index (κ3) is 7.56. The maximum absolute atomic E-state index is 11.7. The summed E-state index contributed by atoms with van der Waals surface area (Å²) in [6.07, 6.45) is 9.00. The zero-order valence-electron chi connectivity index (χ0n) is 13.1.